The second kappa shape index (κ2) is 4.87. The molecule has 0 bridgehead atoms. The minimum Gasteiger partial charge on any atom is -0.389 e. The molecule has 5 heteroatoms. The van der Waals surface area contributed by atoms with Gasteiger partial charge in [0.2, 0.25) is 0 Å². The molecule has 2 N–H and O–H groups in total. The number of aryl methyl sites for hydroxylation is 1. The topological polar surface area (TPSA) is 56.7 Å². The summed E-state index contributed by atoms with van der Waals surface area (Å²) in [6.45, 7) is 6.40. The quantitative estimate of drug-likeness (QED) is 0.907. The third-order valence-corrected chi connectivity index (χ3v) is 3.57. The highest BCUT2D eigenvalue weighted by Crippen LogP contribution is 2.32. The van der Waals surface area contributed by atoms with E-state index in [0.29, 0.717) is 6.04 Å². The molecule has 0 aromatic carbocycles. The van der Waals surface area contributed by atoms with E-state index in [4.69, 9.17) is 5.73 Å². The van der Waals surface area contributed by atoms with Gasteiger partial charge in [-0.05, 0) is 26.7 Å². The van der Waals surface area contributed by atoms with Gasteiger partial charge in [0.25, 0.3) is 0 Å². The lowest BCUT2D eigenvalue weighted by Gasteiger charge is -2.10. The number of aromatic nitrogens is 3. The van der Waals surface area contributed by atoms with Crippen LogP contribution in [0.4, 0.5) is 5.00 Å². The molecule has 0 spiro atoms. The zero-order valence-corrected chi connectivity index (χ0v) is 11.3. The summed E-state index contributed by atoms with van der Waals surface area (Å²) in [5.74, 6) is 0. The second-order valence-corrected chi connectivity index (χ2v) is 5.47. The average Bonchev–Trinajstić information content (AvgIpc) is 2.84. The molecule has 0 fully saturated rings. The Morgan fingerprint density at radius 2 is 2.24 bits per heavy atom. The van der Waals surface area contributed by atoms with E-state index in [1.807, 2.05) is 12.5 Å². The largest absolute Gasteiger partial charge is 0.389 e. The van der Waals surface area contributed by atoms with Crippen LogP contribution in [0.15, 0.2) is 12.5 Å². The molecule has 0 saturated carbocycles. The zero-order valence-electron chi connectivity index (χ0n) is 10.5. The Labute approximate surface area is 106 Å². The molecule has 2 aromatic rings. The van der Waals surface area contributed by atoms with Crippen LogP contribution in [0.5, 0.6) is 0 Å². The third kappa shape index (κ3) is 2.34. The van der Waals surface area contributed by atoms with Gasteiger partial charge in [-0.3, -0.25) is 0 Å². The fraction of sp³-hybridized carbons (Fsp3) is 0.500. The van der Waals surface area contributed by atoms with Crippen LogP contribution in [0.3, 0.4) is 0 Å². The van der Waals surface area contributed by atoms with E-state index in [0.717, 1.165) is 34.2 Å². The van der Waals surface area contributed by atoms with E-state index in [2.05, 4.69) is 35.3 Å². The second-order valence-electron chi connectivity index (χ2n) is 4.35. The summed E-state index contributed by atoms with van der Waals surface area (Å²) in [5.41, 5.74) is 7.94. The van der Waals surface area contributed by atoms with Crippen molar-refractivity contribution in [3.63, 3.8) is 0 Å². The van der Waals surface area contributed by atoms with Crippen molar-refractivity contribution in [1.29, 1.82) is 0 Å². The van der Waals surface area contributed by atoms with Crippen molar-refractivity contribution < 1.29 is 0 Å². The number of nitrogen functional groups attached to an aromatic ring is 1. The molecule has 0 saturated heterocycles. The number of hydrogen-bond acceptors (Lipinski definition) is 4. The van der Waals surface area contributed by atoms with Crippen molar-refractivity contribution in [3.8, 4) is 11.4 Å². The molecule has 0 radical (unpaired) electrons. The Bertz CT molecular complexity index is 498. The molecule has 0 atom stereocenters. The lowest BCUT2D eigenvalue weighted by molar-refractivity contribution is 0.604. The fourth-order valence-corrected chi connectivity index (χ4v) is 2.73. The van der Waals surface area contributed by atoms with E-state index >= 15 is 0 Å². The number of nitrogens with zero attached hydrogens (tertiary/aromatic N) is 3. The SMILES string of the molecule is CCCc1nc(-c2cncn2C(C)C)c(N)s1. The molecule has 17 heavy (non-hydrogen) atoms. The standard InChI is InChI=1S/C12H18N4S/c1-4-5-10-15-11(12(13)17-10)9-6-14-7-16(9)8(2)3/h6-8H,4-5,13H2,1-3H3. The van der Waals surface area contributed by atoms with Crippen molar-refractivity contribution in [2.75, 3.05) is 5.73 Å². The van der Waals surface area contributed by atoms with Crippen molar-refractivity contribution in [3.05, 3.63) is 17.5 Å². The summed E-state index contributed by atoms with van der Waals surface area (Å²) in [6, 6.07) is 0.364. The molecule has 0 aliphatic carbocycles. The summed E-state index contributed by atoms with van der Waals surface area (Å²) in [4.78, 5) is 8.81. The average molecular weight is 250 g/mol. The van der Waals surface area contributed by atoms with Crippen LogP contribution in [0.2, 0.25) is 0 Å². The lowest BCUT2D eigenvalue weighted by atomic mass is 10.3. The van der Waals surface area contributed by atoms with Gasteiger partial charge in [0.05, 0.1) is 23.2 Å². The van der Waals surface area contributed by atoms with Crippen LogP contribution in [-0.4, -0.2) is 14.5 Å². The zero-order chi connectivity index (χ0) is 12.4. The van der Waals surface area contributed by atoms with Gasteiger partial charge in [-0.1, -0.05) is 6.92 Å². The van der Waals surface area contributed by atoms with Gasteiger partial charge in [0, 0.05) is 6.04 Å². The molecule has 92 valence electrons. The number of hydrogen-bond donors (Lipinski definition) is 1. The van der Waals surface area contributed by atoms with Crippen LogP contribution >= 0.6 is 11.3 Å². The van der Waals surface area contributed by atoms with E-state index in [-0.39, 0.29) is 0 Å². The predicted octanol–water partition coefficient (Wildman–Crippen LogP) is 3.12. The van der Waals surface area contributed by atoms with Gasteiger partial charge in [-0.25, -0.2) is 9.97 Å². The molecule has 2 aromatic heterocycles. The minimum atomic E-state index is 0.364. The third-order valence-electron chi connectivity index (χ3n) is 2.63. The number of thiazole rings is 1. The Hall–Kier alpha value is -1.36. The maximum atomic E-state index is 6.05. The van der Waals surface area contributed by atoms with Crippen LogP contribution in [-0.2, 0) is 6.42 Å². The fourth-order valence-electron chi connectivity index (χ4n) is 1.78. The van der Waals surface area contributed by atoms with Crippen LogP contribution in [0, 0.1) is 0 Å². The molecular formula is C12H18N4S. The number of nitrogens with two attached hydrogens (primary N) is 1. The monoisotopic (exact) mass is 250 g/mol. The summed E-state index contributed by atoms with van der Waals surface area (Å²) < 4.78 is 2.10. The lowest BCUT2D eigenvalue weighted by Crippen LogP contribution is -2.02. The van der Waals surface area contributed by atoms with Gasteiger partial charge in [-0.15, -0.1) is 11.3 Å². The highest BCUT2D eigenvalue weighted by Gasteiger charge is 2.15. The number of rotatable bonds is 4. The van der Waals surface area contributed by atoms with Gasteiger partial charge >= 0.3 is 0 Å². The minimum absolute atomic E-state index is 0.364. The van der Waals surface area contributed by atoms with Crippen molar-refractivity contribution >= 4 is 16.3 Å². The van der Waals surface area contributed by atoms with Crippen LogP contribution in [0.25, 0.3) is 11.4 Å². The normalized spacial score (nSPS) is 11.3. The molecule has 2 rings (SSSR count). The van der Waals surface area contributed by atoms with Crippen LogP contribution < -0.4 is 5.73 Å². The molecule has 0 amide bonds. The highest BCUT2D eigenvalue weighted by atomic mass is 32.1. The van der Waals surface area contributed by atoms with E-state index in [1.54, 1.807) is 11.3 Å². The van der Waals surface area contributed by atoms with Gasteiger partial charge in [-0.2, -0.15) is 0 Å². The summed E-state index contributed by atoms with van der Waals surface area (Å²) >= 11 is 1.58. The first-order chi connectivity index (χ1) is 8.13. The smallest absolute Gasteiger partial charge is 0.123 e. The summed E-state index contributed by atoms with van der Waals surface area (Å²) in [6.07, 6.45) is 5.75. The molecule has 0 aliphatic rings. The van der Waals surface area contributed by atoms with Gasteiger partial charge in [0.1, 0.15) is 10.7 Å². The number of imidazole rings is 1. The first-order valence-corrected chi connectivity index (χ1v) is 6.72. The Morgan fingerprint density at radius 1 is 1.47 bits per heavy atom. The molecule has 4 nitrogen and oxygen atoms in total. The van der Waals surface area contributed by atoms with E-state index in [9.17, 15) is 0 Å². The maximum absolute atomic E-state index is 6.05. The Kier molecular flexibility index (Phi) is 3.47. The molecule has 0 aliphatic heterocycles. The summed E-state index contributed by atoms with van der Waals surface area (Å²) in [7, 11) is 0. The van der Waals surface area contributed by atoms with Gasteiger partial charge in [0.15, 0.2) is 0 Å². The maximum Gasteiger partial charge on any atom is 0.123 e. The van der Waals surface area contributed by atoms with E-state index in [1.165, 1.54) is 0 Å². The Morgan fingerprint density at radius 3 is 2.88 bits per heavy atom. The summed E-state index contributed by atoms with van der Waals surface area (Å²) in [5, 5.41) is 1.90. The van der Waals surface area contributed by atoms with Crippen molar-refractivity contribution in [1.82, 2.24) is 14.5 Å². The number of anilines is 1. The van der Waals surface area contributed by atoms with Crippen LogP contribution in [0.1, 0.15) is 38.2 Å². The molecular weight excluding hydrogens is 232 g/mol. The Balaban J connectivity index is 2.42. The highest BCUT2D eigenvalue weighted by molar-refractivity contribution is 7.16. The first-order valence-electron chi connectivity index (χ1n) is 5.90. The molecule has 2 heterocycles. The molecule has 0 unspecified atom stereocenters. The van der Waals surface area contributed by atoms with E-state index < -0.39 is 0 Å². The van der Waals surface area contributed by atoms with Crippen molar-refractivity contribution in [2.24, 2.45) is 0 Å². The van der Waals surface area contributed by atoms with Gasteiger partial charge < -0.3 is 10.3 Å². The predicted molar refractivity (Wildman–Crippen MR) is 72.1 cm³/mol. The van der Waals surface area contributed by atoms with Crippen molar-refractivity contribution in [2.45, 2.75) is 39.7 Å². The first kappa shape index (κ1) is 12.1.